The van der Waals surface area contributed by atoms with Crippen molar-refractivity contribution in [2.75, 3.05) is 5.73 Å². The van der Waals surface area contributed by atoms with Crippen LogP contribution in [0.3, 0.4) is 0 Å². The minimum absolute atomic E-state index is 0.411. The molecule has 1 unspecified atom stereocenters. The highest BCUT2D eigenvalue weighted by Crippen LogP contribution is 2.22. The fraction of sp³-hybridized carbons (Fsp3) is 0.308. The van der Waals surface area contributed by atoms with Gasteiger partial charge in [0.25, 0.3) is 0 Å². The number of nitrogen functional groups attached to an aromatic ring is 1. The first kappa shape index (κ1) is 12.4. The molecule has 0 spiro atoms. The van der Waals surface area contributed by atoms with Crippen LogP contribution in [0.5, 0.6) is 0 Å². The van der Waals surface area contributed by atoms with Gasteiger partial charge in [0.05, 0.1) is 9.26 Å². The zero-order valence-electron chi connectivity index (χ0n) is 10.0. The molecule has 3 nitrogen and oxygen atoms in total. The molecule has 0 amide bonds. The van der Waals surface area contributed by atoms with E-state index in [4.69, 9.17) is 5.73 Å². The van der Waals surface area contributed by atoms with Crippen LogP contribution >= 0.6 is 22.6 Å². The Morgan fingerprint density at radius 2 is 2.00 bits per heavy atom. The Kier molecular flexibility index (Phi) is 3.71. The van der Waals surface area contributed by atoms with Crippen molar-refractivity contribution < 1.29 is 0 Å². The summed E-state index contributed by atoms with van der Waals surface area (Å²) in [6.07, 6.45) is 0. The molecule has 2 N–H and O–H groups in total. The van der Waals surface area contributed by atoms with E-state index in [-0.39, 0.29) is 0 Å². The molecule has 0 saturated carbocycles. The van der Waals surface area contributed by atoms with Gasteiger partial charge in [0.2, 0.25) is 0 Å². The van der Waals surface area contributed by atoms with Gasteiger partial charge in [-0.1, -0.05) is 37.3 Å². The molecule has 0 radical (unpaired) electrons. The van der Waals surface area contributed by atoms with Crippen LogP contribution in [0.2, 0.25) is 0 Å². The van der Waals surface area contributed by atoms with E-state index in [0.29, 0.717) is 5.92 Å². The number of aryl methyl sites for hydroxylation is 1. The summed E-state index contributed by atoms with van der Waals surface area (Å²) in [4.78, 5) is 0. The summed E-state index contributed by atoms with van der Waals surface area (Å²) in [6, 6.07) is 10.4. The SMILES string of the molecule is Cc1nn(CC(C)c2ccccc2)c(N)c1I. The van der Waals surface area contributed by atoms with Crippen molar-refractivity contribution in [2.24, 2.45) is 0 Å². The third-order valence-electron chi connectivity index (χ3n) is 2.91. The quantitative estimate of drug-likeness (QED) is 0.872. The second kappa shape index (κ2) is 5.08. The molecular weight excluding hydrogens is 325 g/mol. The molecule has 0 aliphatic heterocycles. The molecule has 0 aliphatic carbocycles. The topological polar surface area (TPSA) is 43.8 Å². The number of benzene rings is 1. The summed E-state index contributed by atoms with van der Waals surface area (Å²) in [5, 5.41) is 4.46. The lowest BCUT2D eigenvalue weighted by atomic mass is 10.0. The molecule has 1 heterocycles. The Hall–Kier alpha value is -1.04. The highest BCUT2D eigenvalue weighted by molar-refractivity contribution is 14.1. The van der Waals surface area contributed by atoms with Gasteiger partial charge in [-0.25, -0.2) is 4.68 Å². The molecule has 17 heavy (non-hydrogen) atoms. The Bertz CT molecular complexity index is 505. The predicted molar refractivity (Wildman–Crippen MR) is 79.0 cm³/mol. The van der Waals surface area contributed by atoms with Crippen molar-refractivity contribution in [1.29, 1.82) is 0 Å². The Labute approximate surface area is 115 Å². The van der Waals surface area contributed by atoms with Crippen LogP contribution in [0.1, 0.15) is 24.1 Å². The zero-order valence-corrected chi connectivity index (χ0v) is 12.2. The molecule has 2 rings (SSSR count). The second-order valence-electron chi connectivity index (χ2n) is 4.28. The van der Waals surface area contributed by atoms with Crippen LogP contribution in [-0.4, -0.2) is 9.78 Å². The minimum Gasteiger partial charge on any atom is -0.383 e. The number of anilines is 1. The van der Waals surface area contributed by atoms with Crippen molar-refractivity contribution in [3.63, 3.8) is 0 Å². The first-order valence-electron chi connectivity index (χ1n) is 5.63. The highest BCUT2D eigenvalue weighted by Gasteiger charge is 2.13. The van der Waals surface area contributed by atoms with Crippen LogP contribution in [0.25, 0.3) is 0 Å². The molecule has 0 saturated heterocycles. The summed E-state index contributed by atoms with van der Waals surface area (Å²) >= 11 is 2.24. The van der Waals surface area contributed by atoms with Gasteiger partial charge < -0.3 is 5.73 Å². The molecule has 90 valence electrons. The van der Waals surface area contributed by atoms with E-state index in [1.165, 1.54) is 5.56 Å². The molecule has 1 atom stereocenters. The minimum atomic E-state index is 0.411. The number of nitrogens with zero attached hydrogens (tertiary/aromatic N) is 2. The van der Waals surface area contributed by atoms with Gasteiger partial charge in [-0.15, -0.1) is 0 Å². The zero-order chi connectivity index (χ0) is 12.4. The lowest BCUT2D eigenvalue weighted by Crippen LogP contribution is -2.10. The van der Waals surface area contributed by atoms with E-state index in [0.717, 1.165) is 21.6 Å². The van der Waals surface area contributed by atoms with Crippen LogP contribution < -0.4 is 5.73 Å². The van der Waals surface area contributed by atoms with Crippen molar-refractivity contribution >= 4 is 28.4 Å². The summed E-state index contributed by atoms with van der Waals surface area (Å²) in [7, 11) is 0. The maximum atomic E-state index is 6.02. The highest BCUT2D eigenvalue weighted by atomic mass is 127. The van der Waals surface area contributed by atoms with Crippen molar-refractivity contribution in [3.8, 4) is 0 Å². The lowest BCUT2D eigenvalue weighted by Gasteiger charge is -2.12. The Morgan fingerprint density at radius 1 is 1.35 bits per heavy atom. The number of halogens is 1. The standard InChI is InChI=1S/C13H16IN3/c1-9(11-6-4-3-5-7-11)8-17-13(15)12(14)10(2)16-17/h3-7,9H,8,15H2,1-2H3. The summed E-state index contributed by atoms with van der Waals surface area (Å²) < 4.78 is 2.96. The van der Waals surface area contributed by atoms with Crippen LogP contribution in [0, 0.1) is 10.5 Å². The smallest absolute Gasteiger partial charge is 0.135 e. The summed E-state index contributed by atoms with van der Waals surface area (Å²) in [5.74, 6) is 1.18. The maximum Gasteiger partial charge on any atom is 0.135 e. The van der Waals surface area contributed by atoms with Gasteiger partial charge in [0.15, 0.2) is 0 Å². The molecule has 1 aromatic heterocycles. The first-order valence-corrected chi connectivity index (χ1v) is 6.70. The molecule has 4 heteroatoms. The lowest BCUT2D eigenvalue weighted by molar-refractivity contribution is 0.547. The Morgan fingerprint density at radius 3 is 2.53 bits per heavy atom. The third-order valence-corrected chi connectivity index (χ3v) is 4.24. The molecule has 0 fully saturated rings. The van der Waals surface area contributed by atoms with Gasteiger partial charge in [-0.05, 0) is 35.1 Å². The fourth-order valence-corrected chi connectivity index (χ4v) is 2.25. The van der Waals surface area contributed by atoms with Crippen LogP contribution in [-0.2, 0) is 6.54 Å². The number of hydrogen-bond acceptors (Lipinski definition) is 2. The van der Waals surface area contributed by atoms with Crippen molar-refractivity contribution in [3.05, 3.63) is 45.2 Å². The van der Waals surface area contributed by atoms with Gasteiger partial charge in [-0.3, -0.25) is 0 Å². The number of nitrogens with two attached hydrogens (primary N) is 1. The first-order chi connectivity index (χ1) is 8.09. The van der Waals surface area contributed by atoms with Crippen LogP contribution in [0.4, 0.5) is 5.82 Å². The van der Waals surface area contributed by atoms with E-state index in [1.54, 1.807) is 0 Å². The van der Waals surface area contributed by atoms with E-state index >= 15 is 0 Å². The predicted octanol–water partition coefficient (Wildman–Crippen LogP) is 3.18. The van der Waals surface area contributed by atoms with Crippen LogP contribution in [0.15, 0.2) is 30.3 Å². The molecule has 1 aromatic carbocycles. The van der Waals surface area contributed by atoms with E-state index in [9.17, 15) is 0 Å². The van der Waals surface area contributed by atoms with Crippen molar-refractivity contribution in [1.82, 2.24) is 9.78 Å². The van der Waals surface area contributed by atoms with Gasteiger partial charge in [-0.2, -0.15) is 5.10 Å². The largest absolute Gasteiger partial charge is 0.383 e. The number of rotatable bonds is 3. The van der Waals surface area contributed by atoms with E-state index in [1.807, 2.05) is 17.7 Å². The molecular formula is C13H16IN3. The van der Waals surface area contributed by atoms with Crippen molar-refractivity contribution in [2.45, 2.75) is 26.3 Å². The molecule has 2 aromatic rings. The van der Waals surface area contributed by atoms with E-state index < -0.39 is 0 Å². The average molecular weight is 341 g/mol. The summed E-state index contributed by atoms with van der Waals surface area (Å²) in [6.45, 7) is 5.00. The maximum absolute atomic E-state index is 6.02. The number of hydrogen-bond donors (Lipinski definition) is 1. The number of aromatic nitrogens is 2. The van der Waals surface area contributed by atoms with E-state index in [2.05, 4.69) is 58.9 Å². The van der Waals surface area contributed by atoms with Gasteiger partial charge in [0, 0.05) is 12.5 Å². The molecule has 0 aliphatic rings. The van der Waals surface area contributed by atoms with Gasteiger partial charge in [0.1, 0.15) is 5.82 Å². The third kappa shape index (κ3) is 2.62. The summed E-state index contributed by atoms with van der Waals surface area (Å²) in [5.41, 5.74) is 8.34. The monoisotopic (exact) mass is 341 g/mol. The average Bonchev–Trinajstić information content (AvgIpc) is 2.58. The van der Waals surface area contributed by atoms with Gasteiger partial charge >= 0.3 is 0 Å². The molecule has 0 bridgehead atoms. The second-order valence-corrected chi connectivity index (χ2v) is 5.36. The normalized spacial score (nSPS) is 12.6. The Balaban J connectivity index is 2.19. The fourth-order valence-electron chi connectivity index (χ4n) is 1.86.